The smallest absolute Gasteiger partial charge is 0.422 e. The highest BCUT2D eigenvalue weighted by Crippen LogP contribution is 2.25. The van der Waals surface area contributed by atoms with Gasteiger partial charge in [-0.15, -0.1) is 11.3 Å². The van der Waals surface area contributed by atoms with Crippen LogP contribution in [0.2, 0.25) is 0 Å². The molecule has 3 rings (SSSR count). The van der Waals surface area contributed by atoms with Gasteiger partial charge in [0.05, 0.1) is 16.8 Å². The number of hydrogen-bond acceptors (Lipinski definition) is 6. The summed E-state index contributed by atoms with van der Waals surface area (Å²) in [5.74, 6) is -0.212. The average molecular weight is 433 g/mol. The second-order valence-electron chi connectivity index (χ2n) is 5.98. The van der Waals surface area contributed by atoms with Gasteiger partial charge in [-0.1, -0.05) is 6.07 Å². The van der Waals surface area contributed by atoms with Gasteiger partial charge in [0.25, 0.3) is 5.91 Å². The molecule has 1 aromatic heterocycles. The summed E-state index contributed by atoms with van der Waals surface area (Å²) in [6.07, 6.45) is -4.52. The molecular weight excluding hydrogens is 419 g/mol. The lowest BCUT2D eigenvalue weighted by Gasteiger charge is -2.12. The number of anilines is 1. The van der Waals surface area contributed by atoms with E-state index >= 15 is 0 Å². The first kappa shape index (κ1) is 21.1. The van der Waals surface area contributed by atoms with Crippen LogP contribution in [-0.2, 0) is 6.61 Å². The SMILES string of the molecule is N#Cc1cc(NC(=O)c2cccc(OCc3cscn3)c2)ccc1OCC(F)(F)F. The van der Waals surface area contributed by atoms with Crippen LogP contribution in [0, 0.1) is 11.3 Å². The molecular formula is C20H14F3N3O3S. The number of benzene rings is 2. The Bertz CT molecular complexity index is 1060. The van der Waals surface area contributed by atoms with E-state index < -0.39 is 18.7 Å². The topological polar surface area (TPSA) is 84.2 Å². The molecule has 0 radical (unpaired) electrons. The van der Waals surface area contributed by atoms with Crippen LogP contribution in [0.25, 0.3) is 0 Å². The van der Waals surface area contributed by atoms with Crippen LogP contribution < -0.4 is 14.8 Å². The number of thiazole rings is 1. The third-order valence-electron chi connectivity index (χ3n) is 3.72. The maximum absolute atomic E-state index is 12.5. The molecule has 154 valence electrons. The van der Waals surface area contributed by atoms with E-state index in [-0.39, 0.29) is 23.6 Å². The number of halogens is 3. The predicted octanol–water partition coefficient (Wildman–Crippen LogP) is 4.79. The van der Waals surface area contributed by atoms with Gasteiger partial charge >= 0.3 is 6.18 Å². The first-order valence-electron chi connectivity index (χ1n) is 8.49. The van der Waals surface area contributed by atoms with E-state index in [1.54, 1.807) is 35.8 Å². The number of ether oxygens (including phenoxy) is 2. The van der Waals surface area contributed by atoms with Crippen LogP contribution in [0.1, 0.15) is 21.6 Å². The molecule has 0 atom stereocenters. The highest BCUT2D eigenvalue weighted by atomic mass is 32.1. The zero-order valence-corrected chi connectivity index (χ0v) is 16.1. The van der Waals surface area contributed by atoms with Gasteiger partial charge in [-0.3, -0.25) is 4.79 Å². The number of rotatable bonds is 7. The minimum atomic E-state index is -4.52. The van der Waals surface area contributed by atoms with Crippen molar-refractivity contribution in [3.63, 3.8) is 0 Å². The number of amides is 1. The standard InChI is InChI=1S/C20H14F3N3O3S/c21-20(22,23)11-29-18-5-4-15(6-14(18)8-24)26-19(27)13-2-1-3-17(7-13)28-9-16-10-30-12-25-16/h1-7,10,12H,9,11H2,(H,26,27). The summed E-state index contributed by atoms with van der Waals surface area (Å²) in [7, 11) is 0. The van der Waals surface area contributed by atoms with E-state index in [4.69, 9.17) is 10.00 Å². The average Bonchev–Trinajstić information content (AvgIpc) is 3.24. The van der Waals surface area contributed by atoms with Gasteiger partial charge in [-0.25, -0.2) is 4.98 Å². The van der Waals surface area contributed by atoms with Gasteiger partial charge in [0.2, 0.25) is 0 Å². The number of carbonyl (C=O) groups excluding carboxylic acids is 1. The highest BCUT2D eigenvalue weighted by Gasteiger charge is 2.28. The molecule has 1 amide bonds. The van der Waals surface area contributed by atoms with Crippen molar-refractivity contribution in [3.05, 3.63) is 70.2 Å². The maximum atomic E-state index is 12.5. The Morgan fingerprint density at radius 2 is 2.03 bits per heavy atom. The van der Waals surface area contributed by atoms with Gasteiger partial charge in [0.15, 0.2) is 6.61 Å². The van der Waals surface area contributed by atoms with Crippen molar-refractivity contribution in [2.24, 2.45) is 0 Å². The summed E-state index contributed by atoms with van der Waals surface area (Å²) in [5, 5.41) is 13.6. The molecule has 0 unspecified atom stereocenters. The number of nitriles is 1. The Morgan fingerprint density at radius 1 is 1.20 bits per heavy atom. The van der Waals surface area contributed by atoms with Gasteiger partial charge in [-0.05, 0) is 36.4 Å². The predicted molar refractivity (Wildman–Crippen MR) is 104 cm³/mol. The van der Waals surface area contributed by atoms with Crippen molar-refractivity contribution >= 4 is 22.9 Å². The lowest BCUT2D eigenvalue weighted by atomic mass is 10.1. The zero-order valence-electron chi connectivity index (χ0n) is 15.3. The highest BCUT2D eigenvalue weighted by molar-refractivity contribution is 7.07. The molecule has 0 aliphatic rings. The van der Waals surface area contributed by atoms with E-state index in [1.807, 2.05) is 5.38 Å². The van der Waals surface area contributed by atoms with Crippen molar-refractivity contribution in [3.8, 4) is 17.6 Å². The van der Waals surface area contributed by atoms with Crippen molar-refractivity contribution in [1.82, 2.24) is 4.98 Å². The summed E-state index contributed by atoms with van der Waals surface area (Å²) in [5.41, 5.74) is 2.88. The third kappa shape index (κ3) is 5.96. The van der Waals surface area contributed by atoms with Crippen LogP contribution in [-0.4, -0.2) is 23.7 Å². The monoisotopic (exact) mass is 433 g/mol. The van der Waals surface area contributed by atoms with E-state index in [1.165, 1.54) is 29.5 Å². The molecule has 0 spiro atoms. The van der Waals surface area contributed by atoms with Crippen LogP contribution in [0.5, 0.6) is 11.5 Å². The van der Waals surface area contributed by atoms with Crippen LogP contribution in [0.15, 0.2) is 53.4 Å². The van der Waals surface area contributed by atoms with E-state index in [0.29, 0.717) is 11.3 Å². The largest absolute Gasteiger partial charge is 0.487 e. The fourth-order valence-electron chi connectivity index (χ4n) is 2.38. The second kappa shape index (κ2) is 9.28. The Morgan fingerprint density at radius 3 is 2.73 bits per heavy atom. The second-order valence-corrected chi connectivity index (χ2v) is 6.70. The van der Waals surface area contributed by atoms with Gasteiger partial charge in [0, 0.05) is 16.6 Å². The number of hydrogen-bond donors (Lipinski definition) is 1. The van der Waals surface area contributed by atoms with Crippen LogP contribution in [0.3, 0.4) is 0 Å². The molecule has 0 aliphatic carbocycles. The van der Waals surface area contributed by atoms with Crippen molar-refractivity contribution < 1.29 is 27.4 Å². The van der Waals surface area contributed by atoms with Crippen LogP contribution >= 0.6 is 11.3 Å². The molecule has 0 aliphatic heterocycles. The van der Waals surface area contributed by atoms with Gasteiger partial charge < -0.3 is 14.8 Å². The molecule has 0 bridgehead atoms. The van der Waals surface area contributed by atoms with E-state index in [0.717, 1.165) is 5.69 Å². The molecule has 6 nitrogen and oxygen atoms in total. The zero-order chi connectivity index (χ0) is 21.6. The van der Waals surface area contributed by atoms with Crippen LogP contribution in [0.4, 0.5) is 18.9 Å². The number of carbonyl (C=O) groups is 1. The number of aromatic nitrogens is 1. The van der Waals surface area contributed by atoms with Crippen molar-refractivity contribution in [1.29, 1.82) is 5.26 Å². The molecule has 30 heavy (non-hydrogen) atoms. The Balaban J connectivity index is 1.66. The van der Waals surface area contributed by atoms with Crippen molar-refractivity contribution in [2.45, 2.75) is 12.8 Å². The van der Waals surface area contributed by atoms with E-state index in [9.17, 15) is 18.0 Å². The first-order chi connectivity index (χ1) is 14.3. The molecule has 1 heterocycles. The summed E-state index contributed by atoms with van der Waals surface area (Å²) in [6.45, 7) is -1.25. The van der Waals surface area contributed by atoms with Gasteiger partial charge in [-0.2, -0.15) is 18.4 Å². The summed E-state index contributed by atoms with van der Waals surface area (Å²) in [6, 6.07) is 12.0. The number of alkyl halides is 3. The molecule has 3 aromatic rings. The lowest BCUT2D eigenvalue weighted by molar-refractivity contribution is -0.153. The maximum Gasteiger partial charge on any atom is 0.422 e. The number of nitrogens with zero attached hydrogens (tertiary/aromatic N) is 2. The summed E-state index contributed by atoms with van der Waals surface area (Å²) in [4.78, 5) is 16.6. The van der Waals surface area contributed by atoms with Crippen molar-refractivity contribution in [2.75, 3.05) is 11.9 Å². The summed E-state index contributed by atoms with van der Waals surface area (Å²) < 4.78 is 47.2. The molecule has 2 aromatic carbocycles. The van der Waals surface area contributed by atoms with Gasteiger partial charge in [0.1, 0.15) is 24.2 Å². The molecule has 0 saturated heterocycles. The summed E-state index contributed by atoms with van der Waals surface area (Å²) >= 11 is 1.45. The first-order valence-corrected chi connectivity index (χ1v) is 9.43. The molecule has 0 fully saturated rings. The fraction of sp³-hybridized carbons (Fsp3) is 0.150. The normalized spacial score (nSPS) is 10.9. The molecule has 10 heteroatoms. The van der Waals surface area contributed by atoms with E-state index in [2.05, 4.69) is 15.0 Å². The minimum Gasteiger partial charge on any atom is -0.487 e. The quantitative estimate of drug-likeness (QED) is 0.579. The Hall–Kier alpha value is -3.58. The minimum absolute atomic E-state index is 0.127. The fourth-order valence-corrected chi connectivity index (χ4v) is 2.92. The molecule has 1 N–H and O–H groups in total. The lowest BCUT2D eigenvalue weighted by Crippen LogP contribution is -2.19. The number of nitrogens with one attached hydrogen (secondary N) is 1. The third-order valence-corrected chi connectivity index (χ3v) is 4.35. The molecule has 0 saturated carbocycles. The Labute approximate surface area is 173 Å². The Kier molecular flexibility index (Phi) is 6.54.